The number of hydrogen-bond acceptors (Lipinski definition) is 4. The molecule has 0 radical (unpaired) electrons. The third-order valence-electron chi connectivity index (χ3n) is 1.59. The number of hydrogen-bond donors (Lipinski definition) is 1. The molecule has 0 amide bonds. The van der Waals surface area contributed by atoms with Gasteiger partial charge in [-0.15, -0.1) is 0 Å². The molecule has 5 nitrogen and oxygen atoms in total. The van der Waals surface area contributed by atoms with Gasteiger partial charge in [0.05, 0.1) is 6.61 Å². The van der Waals surface area contributed by atoms with Crippen LogP contribution < -0.4 is 5.09 Å². The van der Waals surface area contributed by atoms with Crippen LogP contribution in [0.3, 0.4) is 0 Å². The fourth-order valence-electron chi connectivity index (χ4n) is 0.919. The Balaban J connectivity index is 4.09. The largest absolute Gasteiger partial charge is 0.464 e. The highest BCUT2D eigenvalue weighted by atomic mass is 127. The molecule has 7 heteroatoms. The molecule has 0 rings (SSSR count). The van der Waals surface area contributed by atoms with Gasteiger partial charge in [-0.2, -0.15) is 0 Å². The highest BCUT2D eigenvalue weighted by Gasteiger charge is 2.24. The Morgan fingerprint density at radius 1 is 1.44 bits per heavy atom. The molecule has 0 heterocycles. The zero-order chi connectivity index (χ0) is 12.8. The van der Waals surface area contributed by atoms with Crippen LogP contribution in [0.1, 0.15) is 20.8 Å². The normalized spacial score (nSPS) is 16.9. The number of halogens is 1. The molecule has 0 aliphatic heterocycles. The summed E-state index contributed by atoms with van der Waals surface area (Å²) in [6.07, 6.45) is 0.0926. The van der Waals surface area contributed by atoms with E-state index < -0.39 is 11.0 Å². The zero-order valence-electron chi connectivity index (χ0n) is 10.0. The van der Waals surface area contributed by atoms with Crippen molar-refractivity contribution in [2.75, 3.05) is 20.1 Å². The number of esters is 1. The van der Waals surface area contributed by atoms with Crippen LogP contribution in [0.5, 0.6) is 0 Å². The fourth-order valence-corrected chi connectivity index (χ4v) is 4.10. The van der Waals surface area contributed by atoms with Gasteiger partial charge in [-0.1, -0.05) is 13.8 Å². The van der Waals surface area contributed by atoms with Crippen LogP contribution in [-0.4, -0.2) is 32.1 Å². The zero-order valence-corrected chi connectivity index (χ0v) is 13.1. The highest BCUT2D eigenvalue weighted by molar-refractivity contribution is 14.2. The van der Waals surface area contributed by atoms with Crippen LogP contribution in [0, 0.1) is 5.92 Å². The summed E-state index contributed by atoms with van der Waals surface area (Å²) in [6.45, 7) is 5.92. The maximum absolute atomic E-state index is 11.8. The highest BCUT2D eigenvalue weighted by Crippen LogP contribution is 2.50. The average molecular weight is 363 g/mol. The van der Waals surface area contributed by atoms with Crippen molar-refractivity contribution < 1.29 is 18.8 Å². The predicted octanol–water partition coefficient (Wildman–Crippen LogP) is 2.40. The third-order valence-corrected chi connectivity index (χ3v) is 4.63. The third kappa shape index (κ3) is 7.60. The van der Waals surface area contributed by atoms with E-state index in [0.29, 0.717) is 12.5 Å². The minimum Gasteiger partial charge on any atom is -0.464 e. The van der Waals surface area contributed by atoms with Gasteiger partial charge in [0.1, 0.15) is 12.4 Å². The van der Waals surface area contributed by atoms with Crippen molar-refractivity contribution in [2.24, 2.45) is 5.92 Å². The second-order valence-corrected chi connectivity index (χ2v) is 10.4. The van der Waals surface area contributed by atoms with Crippen molar-refractivity contribution in [3.05, 3.63) is 0 Å². The van der Waals surface area contributed by atoms with Crippen LogP contribution in [0.15, 0.2) is 0 Å². The molecule has 2 unspecified atom stereocenters. The quantitative estimate of drug-likeness (QED) is 0.428. The lowest BCUT2D eigenvalue weighted by molar-refractivity contribution is -0.146. The summed E-state index contributed by atoms with van der Waals surface area (Å²) < 4.78 is 21.6. The van der Waals surface area contributed by atoms with E-state index in [1.165, 1.54) is 7.11 Å². The molecule has 0 fully saturated rings. The van der Waals surface area contributed by atoms with Gasteiger partial charge >= 0.3 is 5.97 Å². The van der Waals surface area contributed by atoms with Crippen molar-refractivity contribution in [2.45, 2.75) is 26.8 Å². The summed E-state index contributed by atoms with van der Waals surface area (Å²) in [4.78, 5) is 8.83. The van der Waals surface area contributed by atoms with E-state index in [9.17, 15) is 9.36 Å². The Kier molecular flexibility index (Phi) is 7.80. The minimum absolute atomic E-state index is 0.0926. The van der Waals surface area contributed by atoms with Gasteiger partial charge in [0.2, 0.25) is 4.94 Å². The van der Waals surface area contributed by atoms with E-state index in [0.717, 1.165) is 0 Å². The molecular formula is C9H19INO4P. The first kappa shape index (κ1) is 16.4. The Bertz CT molecular complexity index is 272. The molecule has 0 aliphatic carbocycles. The van der Waals surface area contributed by atoms with E-state index in [1.54, 1.807) is 29.0 Å². The summed E-state index contributed by atoms with van der Waals surface area (Å²) in [6, 6.07) is -0.586. The summed E-state index contributed by atoms with van der Waals surface area (Å²) in [7, 11) is 1.47. The number of methoxy groups -OCH3 is 1. The van der Waals surface area contributed by atoms with Crippen molar-refractivity contribution in [1.29, 1.82) is 0 Å². The van der Waals surface area contributed by atoms with Crippen molar-refractivity contribution in [3.63, 3.8) is 0 Å². The first-order valence-electron chi connectivity index (χ1n) is 5.00. The molecule has 0 aromatic carbocycles. The first-order chi connectivity index (χ1) is 7.28. The standard InChI is InChI=1S/C9H19INO4P/c1-7(2)5-15-9(12)8(3)11-16(10,13)6-14-4/h7-8H,5-6H2,1-4H3,(H,11,13). The van der Waals surface area contributed by atoms with E-state index in [4.69, 9.17) is 9.47 Å². The van der Waals surface area contributed by atoms with E-state index in [1.807, 2.05) is 13.8 Å². The molecule has 0 aliphatic rings. The maximum Gasteiger partial charge on any atom is 0.323 e. The molecule has 1 N–H and O–H groups in total. The Morgan fingerprint density at radius 2 is 2.00 bits per heavy atom. The lowest BCUT2D eigenvalue weighted by Gasteiger charge is -2.18. The summed E-state index contributed by atoms with van der Waals surface area (Å²) in [5, 5.41) is 2.72. The molecule has 0 bridgehead atoms. The fraction of sp³-hybridized carbons (Fsp3) is 0.889. The molecule has 0 aromatic heterocycles. The number of rotatable bonds is 7. The summed E-state index contributed by atoms with van der Waals surface area (Å²) in [5.74, 6) is -0.0942. The second-order valence-electron chi connectivity index (χ2n) is 3.94. The van der Waals surface area contributed by atoms with E-state index >= 15 is 0 Å². The Labute approximate surface area is 110 Å². The van der Waals surface area contributed by atoms with Crippen molar-refractivity contribution >= 4 is 32.9 Å². The van der Waals surface area contributed by atoms with Gasteiger partial charge in [-0.05, 0) is 12.8 Å². The second kappa shape index (κ2) is 7.63. The van der Waals surface area contributed by atoms with Gasteiger partial charge in [0, 0.05) is 29.2 Å². The van der Waals surface area contributed by atoms with Crippen molar-refractivity contribution in [1.82, 2.24) is 5.09 Å². The first-order valence-corrected chi connectivity index (χ1v) is 9.68. The van der Waals surface area contributed by atoms with E-state index in [2.05, 4.69) is 5.09 Å². The maximum atomic E-state index is 11.8. The van der Waals surface area contributed by atoms with E-state index in [-0.39, 0.29) is 12.3 Å². The van der Waals surface area contributed by atoms with Crippen LogP contribution in [0.2, 0.25) is 0 Å². The topological polar surface area (TPSA) is 64.6 Å². The lowest BCUT2D eigenvalue weighted by Crippen LogP contribution is -2.33. The average Bonchev–Trinajstić information content (AvgIpc) is 2.12. The number of ether oxygens (including phenoxy) is 2. The lowest BCUT2D eigenvalue weighted by atomic mass is 10.2. The Morgan fingerprint density at radius 3 is 2.44 bits per heavy atom. The SMILES string of the molecule is COCP(=O)(I)NC(C)C(=O)OCC(C)C. The van der Waals surface area contributed by atoms with Gasteiger partial charge in [0.15, 0.2) is 0 Å². The van der Waals surface area contributed by atoms with Crippen LogP contribution in [-0.2, 0) is 18.8 Å². The predicted molar refractivity (Wildman–Crippen MR) is 71.9 cm³/mol. The smallest absolute Gasteiger partial charge is 0.323 e. The molecule has 2 atom stereocenters. The molecule has 0 saturated heterocycles. The monoisotopic (exact) mass is 363 g/mol. The van der Waals surface area contributed by atoms with Crippen LogP contribution in [0.4, 0.5) is 0 Å². The molecular weight excluding hydrogens is 344 g/mol. The summed E-state index contributed by atoms with van der Waals surface area (Å²) >= 11 is 1.78. The van der Waals surface area contributed by atoms with Gasteiger partial charge in [0.25, 0.3) is 0 Å². The van der Waals surface area contributed by atoms with Gasteiger partial charge in [-0.25, -0.2) is 5.09 Å². The van der Waals surface area contributed by atoms with Gasteiger partial charge in [-0.3, -0.25) is 9.36 Å². The number of carbonyl (C=O) groups excluding carboxylic acids is 1. The van der Waals surface area contributed by atoms with Gasteiger partial charge < -0.3 is 9.47 Å². The Hall–Kier alpha value is 0.350. The molecule has 0 spiro atoms. The molecule has 16 heavy (non-hydrogen) atoms. The van der Waals surface area contributed by atoms with Crippen molar-refractivity contribution in [3.8, 4) is 0 Å². The van der Waals surface area contributed by atoms with Crippen LogP contribution >= 0.6 is 27.0 Å². The molecule has 0 saturated carbocycles. The number of nitrogens with one attached hydrogen (secondary N) is 1. The number of carbonyl (C=O) groups is 1. The minimum atomic E-state index is -2.65. The molecule has 96 valence electrons. The summed E-state index contributed by atoms with van der Waals surface area (Å²) in [5.41, 5.74) is 0. The molecule has 0 aromatic rings. The van der Waals surface area contributed by atoms with Crippen LogP contribution in [0.25, 0.3) is 0 Å².